The normalized spacial score (nSPS) is 14.5. The number of hydrogen-bond acceptors (Lipinski definition) is 2. The molecular weight excluding hydrogens is 313 g/mol. The quantitative estimate of drug-likeness (QED) is 0.798. The molecule has 1 rings (SSSR count). The summed E-state index contributed by atoms with van der Waals surface area (Å²) in [6, 6.07) is 3.62. The van der Waals surface area contributed by atoms with E-state index in [1.165, 1.54) is 0 Å². The van der Waals surface area contributed by atoms with E-state index in [0.29, 0.717) is 33.1 Å². The fourth-order valence-electron chi connectivity index (χ4n) is 1.52. The van der Waals surface area contributed by atoms with Crippen LogP contribution in [0.3, 0.4) is 0 Å². The SMILES string of the molecule is CCS(=O)CCNC(C)c1ccc(Cl)c(Cl)c1Cl. The molecule has 2 atom stereocenters. The van der Waals surface area contributed by atoms with E-state index >= 15 is 0 Å². The Morgan fingerprint density at radius 1 is 1.28 bits per heavy atom. The van der Waals surface area contributed by atoms with Crippen molar-refractivity contribution >= 4 is 45.6 Å². The summed E-state index contributed by atoms with van der Waals surface area (Å²) in [6.45, 7) is 4.58. The molecule has 0 aliphatic carbocycles. The fraction of sp³-hybridized carbons (Fsp3) is 0.500. The summed E-state index contributed by atoms with van der Waals surface area (Å²) in [5.41, 5.74) is 0.897. The van der Waals surface area contributed by atoms with Gasteiger partial charge in [0.05, 0.1) is 15.1 Å². The Morgan fingerprint density at radius 2 is 1.94 bits per heavy atom. The molecule has 1 N–H and O–H groups in total. The molecule has 0 saturated heterocycles. The molecule has 2 nitrogen and oxygen atoms in total. The Morgan fingerprint density at radius 3 is 2.56 bits per heavy atom. The largest absolute Gasteiger partial charge is 0.309 e. The highest BCUT2D eigenvalue weighted by Gasteiger charge is 2.13. The maximum atomic E-state index is 11.3. The Balaban J connectivity index is 2.65. The lowest BCUT2D eigenvalue weighted by Crippen LogP contribution is -2.24. The fourth-order valence-corrected chi connectivity index (χ4v) is 2.86. The molecule has 0 aromatic heterocycles. The van der Waals surface area contributed by atoms with Gasteiger partial charge in [0.1, 0.15) is 0 Å². The van der Waals surface area contributed by atoms with Crippen molar-refractivity contribution in [2.45, 2.75) is 19.9 Å². The van der Waals surface area contributed by atoms with E-state index in [-0.39, 0.29) is 6.04 Å². The second kappa shape index (κ2) is 7.71. The monoisotopic (exact) mass is 327 g/mol. The lowest BCUT2D eigenvalue weighted by atomic mass is 10.1. The minimum atomic E-state index is -0.756. The zero-order valence-electron chi connectivity index (χ0n) is 10.3. The Labute approximate surface area is 125 Å². The summed E-state index contributed by atoms with van der Waals surface area (Å²) >= 11 is 18.0. The highest BCUT2D eigenvalue weighted by Crippen LogP contribution is 2.35. The van der Waals surface area contributed by atoms with E-state index in [1.54, 1.807) is 6.07 Å². The van der Waals surface area contributed by atoms with Crippen molar-refractivity contribution in [3.05, 3.63) is 32.8 Å². The highest BCUT2D eigenvalue weighted by atomic mass is 35.5. The average Bonchev–Trinajstić information content (AvgIpc) is 2.35. The van der Waals surface area contributed by atoms with E-state index in [9.17, 15) is 4.21 Å². The standard InChI is InChI=1S/C12H16Cl3NOS/c1-3-18(17)7-6-16-8(2)9-4-5-10(13)12(15)11(9)14/h4-5,8,16H,3,6-7H2,1-2H3. The summed E-state index contributed by atoms with van der Waals surface area (Å²) in [5.74, 6) is 1.32. The first-order chi connectivity index (χ1) is 8.47. The van der Waals surface area contributed by atoms with Gasteiger partial charge in [-0.2, -0.15) is 0 Å². The molecule has 0 spiro atoms. The summed E-state index contributed by atoms with van der Waals surface area (Å²) < 4.78 is 11.3. The number of halogens is 3. The molecule has 0 saturated carbocycles. The maximum absolute atomic E-state index is 11.3. The van der Waals surface area contributed by atoms with E-state index in [0.717, 1.165) is 5.56 Å². The topological polar surface area (TPSA) is 29.1 Å². The summed E-state index contributed by atoms with van der Waals surface area (Å²) in [4.78, 5) is 0. The lowest BCUT2D eigenvalue weighted by molar-refractivity contribution is 0.597. The van der Waals surface area contributed by atoms with Gasteiger partial charge in [-0.1, -0.05) is 47.8 Å². The Hall–Kier alpha value is 0.200. The van der Waals surface area contributed by atoms with E-state index < -0.39 is 10.8 Å². The predicted molar refractivity (Wildman–Crippen MR) is 81.4 cm³/mol. The van der Waals surface area contributed by atoms with Gasteiger partial charge in [0.25, 0.3) is 0 Å². The van der Waals surface area contributed by atoms with Crippen molar-refractivity contribution in [3.63, 3.8) is 0 Å². The van der Waals surface area contributed by atoms with Gasteiger partial charge in [0.2, 0.25) is 0 Å². The molecule has 0 fully saturated rings. The summed E-state index contributed by atoms with van der Waals surface area (Å²) in [7, 11) is -0.756. The number of benzene rings is 1. The zero-order valence-corrected chi connectivity index (χ0v) is 13.4. The van der Waals surface area contributed by atoms with Gasteiger partial charge in [0.15, 0.2) is 0 Å². The van der Waals surface area contributed by atoms with Crippen LogP contribution in [-0.2, 0) is 10.8 Å². The molecule has 18 heavy (non-hydrogen) atoms. The van der Waals surface area contributed by atoms with Crippen LogP contribution >= 0.6 is 34.8 Å². The first kappa shape index (κ1) is 16.3. The molecular formula is C12H16Cl3NOS. The van der Waals surface area contributed by atoms with Crippen molar-refractivity contribution < 1.29 is 4.21 Å². The molecule has 2 unspecified atom stereocenters. The van der Waals surface area contributed by atoms with Crippen molar-refractivity contribution in [2.24, 2.45) is 0 Å². The molecule has 1 aromatic carbocycles. The molecule has 0 amide bonds. The van der Waals surface area contributed by atoms with Crippen LogP contribution < -0.4 is 5.32 Å². The van der Waals surface area contributed by atoms with Crippen LogP contribution in [0.15, 0.2) is 12.1 Å². The third kappa shape index (κ3) is 4.39. The minimum absolute atomic E-state index is 0.0427. The molecule has 0 aliphatic heterocycles. The molecule has 6 heteroatoms. The Bertz CT molecular complexity index is 440. The second-order valence-corrected chi connectivity index (χ2v) is 6.90. The summed E-state index contributed by atoms with van der Waals surface area (Å²) in [5, 5.41) is 4.57. The maximum Gasteiger partial charge on any atom is 0.0781 e. The number of rotatable bonds is 6. The minimum Gasteiger partial charge on any atom is -0.309 e. The van der Waals surface area contributed by atoms with Gasteiger partial charge >= 0.3 is 0 Å². The van der Waals surface area contributed by atoms with Crippen LogP contribution in [0.4, 0.5) is 0 Å². The molecule has 102 valence electrons. The van der Waals surface area contributed by atoms with Crippen LogP contribution in [0.5, 0.6) is 0 Å². The van der Waals surface area contributed by atoms with Crippen molar-refractivity contribution in [1.82, 2.24) is 5.32 Å². The smallest absolute Gasteiger partial charge is 0.0781 e. The summed E-state index contributed by atoms with van der Waals surface area (Å²) in [6.07, 6.45) is 0. The molecule has 0 heterocycles. The van der Waals surface area contributed by atoms with E-state index in [1.807, 2.05) is 19.9 Å². The van der Waals surface area contributed by atoms with Crippen LogP contribution in [0, 0.1) is 0 Å². The van der Waals surface area contributed by atoms with Crippen LogP contribution in [-0.4, -0.2) is 22.3 Å². The van der Waals surface area contributed by atoms with Gasteiger partial charge in [-0.15, -0.1) is 0 Å². The zero-order chi connectivity index (χ0) is 13.7. The van der Waals surface area contributed by atoms with Gasteiger partial charge in [0, 0.05) is 34.9 Å². The van der Waals surface area contributed by atoms with Crippen molar-refractivity contribution in [1.29, 1.82) is 0 Å². The van der Waals surface area contributed by atoms with Gasteiger partial charge in [-0.05, 0) is 18.6 Å². The number of nitrogens with one attached hydrogen (secondary N) is 1. The molecule has 1 aromatic rings. The van der Waals surface area contributed by atoms with Gasteiger partial charge in [-0.3, -0.25) is 4.21 Å². The lowest BCUT2D eigenvalue weighted by Gasteiger charge is -2.16. The van der Waals surface area contributed by atoms with E-state index in [2.05, 4.69) is 5.32 Å². The second-order valence-electron chi connectivity index (χ2n) is 3.87. The van der Waals surface area contributed by atoms with Crippen molar-refractivity contribution in [2.75, 3.05) is 18.1 Å². The van der Waals surface area contributed by atoms with Gasteiger partial charge in [-0.25, -0.2) is 0 Å². The first-order valence-electron chi connectivity index (χ1n) is 5.69. The van der Waals surface area contributed by atoms with Crippen LogP contribution in [0.2, 0.25) is 15.1 Å². The van der Waals surface area contributed by atoms with E-state index in [4.69, 9.17) is 34.8 Å². The van der Waals surface area contributed by atoms with Crippen LogP contribution in [0.1, 0.15) is 25.5 Å². The Kier molecular flexibility index (Phi) is 6.96. The highest BCUT2D eigenvalue weighted by molar-refractivity contribution is 7.84. The third-order valence-corrected chi connectivity index (χ3v) is 5.25. The predicted octanol–water partition coefficient (Wildman–Crippen LogP) is 4.07. The average molecular weight is 329 g/mol. The van der Waals surface area contributed by atoms with Crippen molar-refractivity contribution in [3.8, 4) is 0 Å². The molecule has 0 aliphatic rings. The first-order valence-corrected chi connectivity index (χ1v) is 8.31. The molecule has 0 radical (unpaired) electrons. The number of hydrogen-bond donors (Lipinski definition) is 1. The van der Waals surface area contributed by atoms with Gasteiger partial charge < -0.3 is 5.32 Å². The van der Waals surface area contributed by atoms with Crippen LogP contribution in [0.25, 0.3) is 0 Å². The third-order valence-electron chi connectivity index (χ3n) is 2.63. The molecule has 0 bridgehead atoms.